The zero-order chi connectivity index (χ0) is 31.8. The molecule has 45 heavy (non-hydrogen) atoms. The number of aliphatic hydroxyl groups is 1. The van der Waals surface area contributed by atoms with Gasteiger partial charge in [0.2, 0.25) is 0 Å². The van der Waals surface area contributed by atoms with Gasteiger partial charge in [0.1, 0.15) is 5.75 Å². The number of nitrogens with one attached hydrogen (secondary N) is 1. The summed E-state index contributed by atoms with van der Waals surface area (Å²) < 4.78 is 12.4. The Bertz CT molecular complexity index is 1680. The van der Waals surface area contributed by atoms with E-state index in [0.717, 1.165) is 22.6 Å². The van der Waals surface area contributed by atoms with Gasteiger partial charge >= 0.3 is 0 Å². The maximum absolute atomic E-state index is 14.8. The van der Waals surface area contributed by atoms with Gasteiger partial charge < -0.3 is 24.8 Å². The lowest BCUT2D eigenvalue weighted by molar-refractivity contribution is -0.146. The SMILES string of the molecule is COc1ccc([Si](C)(C)[C@H]2[C@H](CCO)O[C@@]3(C(=O)N(Cc4ccccc4)c4ccc(NC(=O)c5ccccc5)cc43)[C@@H]2C)cc1. The number of aliphatic hydroxyl groups excluding tert-OH is 1. The number of amides is 2. The fourth-order valence-electron chi connectivity index (χ4n) is 7.50. The first-order valence-electron chi connectivity index (χ1n) is 15.5. The van der Waals surface area contributed by atoms with Crippen molar-refractivity contribution in [2.75, 3.05) is 23.9 Å². The molecule has 6 rings (SSSR count). The van der Waals surface area contributed by atoms with Crippen molar-refractivity contribution in [2.45, 2.75) is 50.2 Å². The molecule has 0 unspecified atom stereocenters. The van der Waals surface area contributed by atoms with E-state index < -0.39 is 13.7 Å². The number of benzene rings is 4. The van der Waals surface area contributed by atoms with Crippen molar-refractivity contribution in [3.63, 3.8) is 0 Å². The molecule has 0 radical (unpaired) electrons. The van der Waals surface area contributed by atoms with Crippen LogP contribution in [0.5, 0.6) is 5.75 Å². The molecule has 4 atom stereocenters. The average Bonchev–Trinajstić information content (AvgIpc) is 3.48. The third-order valence-corrected chi connectivity index (χ3v) is 14.1. The highest BCUT2D eigenvalue weighted by Gasteiger charge is 2.66. The molecule has 1 saturated heterocycles. The predicted molar refractivity (Wildman–Crippen MR) is 180 cm³/mol. The Balaban J connectivity index is 1.45. The fraction of sp³-hybridized carbons (Fsp3) is 0.297. The van der Waals surface area contributed by atoms with Crippen LogP contribution < -0.4 is 20.1 Å². The van der Waals surface area contributed by atoms with Gasteiger partial charge in [-0.25, -0.2) is 0 Å². The molecule has 2 aliphatic heterocycles. The number of anilines is 2. The largest absolute Gasteiger partial charge is 0.497 e. The zero-order valence-electron chi connectivity index (χ0n) is 26.2. The summed E-state index contributed by atoms with van der Waals surface area (Å²) in [5.41, 5.74) is 2.45. The second-order valence-corrected chi connectivity index (χ2v) is 17.3. The number of hydrogen-bond acceptors (Lipinski definition) is 5. The van der Waals surface area contributed by atoms with E-state index in [4.69, 9.17) is 9.47 Å². The fourth-order valence-corrected chi connectivity index (χ4v) is 11.6. The highest BCUT2D eigenvalue weighted by molar-refractivity contribution is 6.91. The Kier molecular flexibility index (Phi) is 8.39. The van der Waals surface area contributed by atoms with Crippen molar-refractivity contribution < 1.29 is 24.2 Å². The molecule has 0 aromatic heterocycles. The van der Waals surface area contributed by atoms with E-state index in [1.807, 2.05) is 83.8 Å². The molecule has 8 heteroatoms. The highest BCUT2D eigenvalue weighted by Crippen LogP contribution is 2.60. The van der Waals surface area contributed by atoms with Crippen LogP contribution in [0, 0.1) is 5.92 Å². The molecule has 2 aliphatic rings. The number of fused-ring (bicyclic) bond motifs is 2. The topological polar surface area (TPSA) is 88.1 Å². The normalized spacial score (nSPS) is 22.5. The van der Waals surface area contributed by atoms with Crippen molar-refractivity contribution in [2.24, 2.45) is 5.92 Å². The van der Waals surface area contributed by atoms with E-state index in [9.17, 15) is 14.7 Å². The Hall–Kier alpha value is -4.24. The number of rotatable bonds is 9. The van der Waals surface area contributed by atoms with Gasteiger partial charge in [-0.1, -0.05) is 85.9 Å². The Morgan fingerprint density at radius 1 is 0.978 bits per heavy atom. The van der Waals surface area contributed by atoms with Crippen molar-refractivity contribution in [1.82, 2.24) is 0 Å². The minimum Gasteiger partial charge on any atom is -0.497 e. The van der Waals surface area contributed by atoms with Crippen LogP contribution >= 0.6 is 0 Å². The van der Waals surface area contributed by atoms with Crippen LogP contribution in [0.25, 0.3) is 0 Å². The maximum atomic E-state index is 14.8. The second kappa shape index (κ2) is 12.3. The molecular formula is C37H40N2O5Si. The smallest absolute Gasteiger partial charge is 0.264 e. The molecular weight excluding hydrogens is 581 g/mol. The van der Waals surface area contributed by atoms with Crippen molar-refractivity contribution >= 4 is 36.4 Å². The summed E-state index contributed by atoms with van der Waals surface area (Å²) >= 11 is 0. The third kappa shape index (κ3) is 5.37. The van der Waals surface area contributed by atoms with Gasteiger partial charge in [0.05, 0.1) is 33.5 Å². The van der Waals surface area contributed by atoms with Gasteiger partial charge in [0, 0.05) is 29.3 Å². The van der Waals surface area contributed by atoms with Crippen molar-refractivity contribution in [3.05, 3.63) is 120 Å². The van der Waals surface area contributed by atoms with Crippen LogP contribution in [-0.4, -0.2) is 44.8 Å². The average molecular weight is 621 g/mol. The van der Waals surface area contributed by atoms with Gasteiger partial charge in [-0.3, -0.25) is 9.59 Å². The zero-order valence-corrected chi connectivity index (χ0v) is 27.2. The molecule has 2 heterocycles. The Morgan fingerprint density at radius 3 is 2.29 bits per heavy atom. The number of nitrogens with zero attached hydrogens (tertiary/aromatic N) is 1. The van der Waals surface area contributed by atoms with E-state index in [1.54, 1.807) is 19.2 Å². The Labute approximate surface area is 265 Å². The maximum Gasteiger partial charge on any atom is 0.264 e. The molecule has 4 aromatic rings. The van der Waals surface area contributed by atoms with Gasteiger partial charge in [0.25, 0.3) is 11.8 Å². The van der Waals surface area contributed by atoms with Gasteiger partial charge in [-0.15, -0.1) is 0 Å². The lowest BCUT2D eigenvalue weighted by Gasteiger charge is -2.37. The summed E-state index contributed by atoms with van der Waals surface area (Å²) in [7, 11) is -0.643. The number of hydrogen-bond donors (Lipinski definition) is 2. The van der Waals surface area contributed by atoms with E-state index in [1.165, 1.54) is 5.19 Å². The summed E-state index contributed by atoms with van der Waals surface area (Å²) in [5.74, 6) is 0.263. The number of ether oxygens (including phenoxy) is 2. The lowest BCUT2D eigenvalue weighted by Crippen LogP contribution is -2.51. The van der Waals surface area contributed by atoms with Crippen molar-refractivity contribution in [3.8, 4) is 5.75 Å². The highest BCUT2D eigenvalue weighted by atomic mass is 28.3. The Morgan fingerprint density at radius 2 is 1.64 bits per heavy atom. The molecule has 7 nitrogen and oxygen atoms in total. The van der Waals surface area contributed by atoms with E-state index >= 15 is 0 Å². The van der Waals surface area contributed by atoms with Crippen LogP contribution in [0.2, 0.25) is 18.6 Å². The first-order chi connectivity index (χ1) is 21.7. The van der Waals surface area contributed by atoms with Gasteiger partial charge in [-0.05, 0) is 60.0 Å². The summed E-state index contributed by atoms with van der Waals surface area (Å²) in [5, 5.41) is 14.5. The lowest BCUT2D eigenvalue weighted by atomic mass is 9.82. The van der Waals surface area contributed by atoms with E-state index in [0.29, 0.717) is 24.2 Å². The number of methoxy groups -OCH3 is 1. The number of carbonyl (C=O) groups is 2. The van der Waals surface area contributed by atoms with E-state index in [2.05, 4.69) is 37.5 Å². The van der Waals surface area contributed by atoms with E-state index in [-0.39, 0.29) is 36.0 Å². The van der Waals surface area contributed by atoms with Gasteiger partial charge in [0.15, 0.2) is 5.60 Å². The molecule has 4 aromatic carbocycles. The molecule has 0 aliphatic carbocycles. The molecule has 2 amide bonds. The monoisotopic (exact) mass is 620 g/mol. The molecule has 0 bridgehead atoms. The number of carbonyl (C=O) groups excluding carboxylic acids is 2. The minimum atomic E-state index is -2.30. The summed E-state index contributed by atoms with van der Waals surface area (Å²) in [6.07, 6.45) is 0.0968. The quantitative estimate of drug-likeness (QED) is 0.221. The molecule has 2 N–H and O–H groups in total. The second-order valence-electron chi connectivity index (χ2n) is 12.6. The third-order valence-electron chi connectivity index (χ3n) is 9.73. The molecule has 0 saturated carbocycles. The van der Waals surface area contributed by atoms with Crippen LogP contribution in [0.3, 0.4) is 0 Å². The van der Waals surface area contributed by atoms with Crippen LogP contribution in [0.15, 0.2) is 103 Å². The summed E-state index contributed by atoms with van der Waals surface area (Å²) in [6.45, 7) is 7.12. The summed E-state index contributed by atoms with van der Waals surface area (Å²) in [6, 6.07) is 32.9. The van der Waals surface area contributed by atoms with Crippen LogP contribution in [-0.2, 0) is 21.7 Å². The summed E-state index contributed by atoms with van der Waals surface area (Å²) in [4.78, 5) is 29.8. The van der Waals surface area contributed by atoms with Crippen LogP contribution in [0.4, 0.5) is 11.4 Å². The molecule has 1 fully saturated rings. The van der Waals surface area contributed by atoms with Crippen LogP contribution in [0.1, 0.15) is 34.8 Å². The molecule has 1 spiro atoms. The standard InChI is InChI=1S/C37H40N2O5Si/c1-25-34(45(3,4)30-18-16-29(43-2)17-19-30)33(21-22-40)44-37(25)31-23-28(38-35(41)27-13-9-6-10-14-27)15-20-32(31)39(36(37)42)24-26-11-7-5-8-12-26/h5-20,23,25,33-34,40H,21-22,24H2,1-4H3,(H,38,41)/t25-,33+,34-,37+/m1/s1. The first kappa shape index (κ1) is 30.8. The van der Waals surface area contributed by atoms with Crippen molar-refractivity contribution in [1.29, 1.82) is 0 Å². The first-order valence-corrected chi connectivity index (χ1v) is 18.6. The molecule has 232 valence electrons. The predicted octanol–water partition coefficient (Wildman–Crippen LogP) is 6.09. The minimum absolute atomic E-state index is 0.0223. The van der Waals surface area contributed by atoms with Gasteiger partial charge in [-0.2, -0.15) is 0 Å².